The predicted octanol–water partition coefficient (Wildman–Crippen LogP) is 4.26. The maximum absolute atomic E-state index is 12.5. The first-order chi connectivity index (χ1) is 12.3. The molecule has 0 atom stereocenters. The average molecular weight is 397 g/mol. The molecule has 2 aromatic rings. The minimum atomic E-state index is -0.150. The topological polar surface area (TPSA) is 61.6 Å². The fourth-order valence-electron chi connectivity index (χ4n) is 2.83. The Balaban J connectivity index is 1.53. The standard InChI is InChI=1S/C18H22Cl2N4O2/c1-11-15(19)8-14(9-16(11)20)22-18(25)24-6-4-23(5-7-24)10-17-21-12(2)13(3)26-17/h8-9H,4-7,10H2,1-3H3,(H,22,25). The first-order valence-corrected chi connectivity index (χ1v) is 9.26. The third-order valence-corrected chi connectivity index (χ3v) is 5.41. The van der Waals surface area contributed by atoms with Gasteiger partial charge in [0.25, 0.3) is 0 Å². The number of urea groups is 1. The Morgan fingerprint density at radius 2 is 1.77 bits per heavy atom. The summed E-state index contributed by atoms with van der Waals surface area (Å²) in [7, 11) is 0. The smallest absolute Gasteiger partial charge is 0.321 e. The van der Waals surface area contributed by atoms with Crippen molar-refractivity contribution < 1.29 is 9.21 Å². The predicted molar refractivity (Wildman–Crippen MR) is 103 cm³/mol. The lowest BCUT2D eigenvalue weighted by Crippen LogP contribution is -2.49. The van der Waals surface area contributed by atoms with Crippen molar-refractivity contribution in [2.75, 3.05) is 31.5 Å². The maximum atomic E-state index is 12.5. The van der Waals surface area contributed by atoms with E-state index in [2.05, 4.69) is 15.2 Å². The van der Waals surface area contributed by atoms with E-state index in [0.29, 0.717) is 35.4 Å². The van der Waals surface area contributed by atoms with Gasteiger partial charge in [-0.15, -0.1) is 0 Å². The number of aryl methyl sites for hydroxylation is 2. The van der Waals surface area contributed by atoms with Crippen molar-refractivity contribution in [3.63, 3.8) is 0 Å². The number of piperazine rings is 1. The van der Waals surface area contributed by atoms with Crippen LogP contribution in [-0.4, -0.2) is 47.0 Å². The highest BCUT2D eigenvalue weighted by molar-refractivity contribution is 6.36. The Kier molecular flexibility index (Phi) is 5.75. The molecule has 1 aliphatic heterocycles. The number of hydrogen-bond donors (Lipinski definition) is 1. The molecule has 0 radical (unpaired) electrons. The van der Waals surface area contributed by atoms with Crippen LogP contribution in [-0.2, 0) is 6.54 Å². The highest BCUT2D eigenvalue weighted by Gasteiger charge is 2.22. The van der Waals surface area contributed by atoms with E-state index in [4.69, 9.17) is 27.6 Å². The Labute approximate surface area is 163 Å². The van der Waals surface area contributed by atoms with Gasteiger partial charge in [-0.2, -0.15) is 0 Å². The van der Waals surface area contributed by atoms with Gasteiger partial charge in [-0.05, 0) is 38.5 Å². The van der Waals surface area contributed by atoms with Crippen LogP contribution in [0.3, 0.4) is 0 Å². The molecule has 26 heavy (non-hydrogen) atoms. The first-order valence-electron chi connectivity index (χ1n) is 8.50. The maximum Gasteiger partial charge on any atom is 0.321 e. The quantitative estimate of drug-likeness (QED) is 0.841. The average Bonchev–Trinajstić information content (AvgIpc) is 2.90. The summed E-state index contributed by atoms with van der Waals surface area (Å²) >= 11 is 12.3. The zero-order valence-electron chi connectivity index (χ0n) is 15.1. The molecule has 1 aliphatic rings. The summed E-state index contributed by atoms with van der Waals surface area (Å²) in [6, 6.07) is 3.28. The lowest BCUT2D eigenvalue weighted by Gasteiger charge is -2.34. The third kappa shape index (κ3) is 4.31. The number of nitrogens with zero attached hydrogens (tertiary/aromatic N) is 3. The van der Waals surface area contributed by atoms with Gasteiger partial charge < -0.3 is 14.6 Å². The molecule has 1 N–H and O–H groups in total. The van der Waals surface area contributed by atoms with E-state index in [-0.39, 0.29) is 6.03 Å². The van der Waals surface area contributed by atoms with Crippen LogP contribution in [0.4, 0.5) is 10.5 Å². The Morgan fingerprint density at radius 3 is 2.31 bits per heavy atom. The molecular formula is C18H22Cl2N4O2. The molecule has 2 heterocycles. The van der Waals surface area contributed by atoms with Crippen molar-refractivity contribution in [3.05, 3.63) is 45.1 Å². The number of carbonyl (C=O) groups is 1. The number of benzene rings is 1. The van der Waals surface area contributed by atoms with E-state index in [9.17, 15) is 4.79 Å². The van der Waals surface area contributed by atoms with Crippen LogP contribution in [0.1, 0.15) is 22.9 Å². The summed E-state index contributed by atoms with van der Waals surface area (Å²) in [6.45, 7) is 9.16. The Hall–Kier alpha value is -1.76. The molecule has 1 saturated heterocycles. The molecule has 0 saturated carbocycles. The van der Waals surface area contributed by atoms with E-state index in [0.717, 1.165) is 36.0 Å². The highest BCUT2D eigenvalue weighted by Crippen LogP contribution is 2.28. The van der Waals surface area contributed by atoms with Crippen molar-refractivity contribution in [3.8, 4) is 0 Å². The number of rotatable bonds is 3. The lowest BCUT2D eigenvalue weighted by molar-refractivity contribution is 0.135. The van der Waals surface area contributed by atoms with Crippen LogP contribution in [0, 0.1) is 20.8 Å². The number of halogens is 2. The molecule has 1 aromatic carbocycles. The van der Waals surface area contributed by atoms with E-state index in [1.807, 2.05) is 20.8 Å². The van der Waals surface area contributed by atoms with Gasteiger partial charge in [-0.1, -0.05) is 23.2 Å². The molecule has 1 aromatic heterocycles. The molecule has 1 fully saturated rings. The third-order valence-electron chi connectivity index (χ3n) is 4.62. The van der Waals surface area contributed by atoms with E-state index in [1.165, 1.54) is 0 Å². The SMILES string of the molecule is Cc1nc(CN2CCN(C(=O)Nc3cc(Cl)c(C)c(Cl)c3)CC2)oc1C. The summed E-state index contributed by atoms with van der Waals surface area (Å²) in [5.41, 5.74) is 2.33. The van der Waals surface area contributed by atoms with Crippen molar-refractivity contribution in [2.24, 2.45) is 0 Å². The highest BCUT2D eigenvalue weighted by atomic mass is 35.5. The molecule has 6 nitrogen and oxygen atoms in total. The number of anilines is 1. The monoisotopic (exact) mass is 396 g/mol. The van der Waals surface area contributed by atoms with Gasteiger partial charge in [0.15, 0.2) is 0 Å². The second-order valence-electron chi connectivity index (χ2n) is 6.51. The van der Waals surface area contributed by atoms with Gasteiger partial charge >= 0.3 is 6.03 Å². The summed E-state index contributed by atoms with van der Waals surface area (Å²) in [6.07, 6.45) is 0. The molecule has 0 aliphatic carbocycles. The number of aromatic nitrogens is 1. The number of hydrogen-bond acceptors (Lipinski definition) is 4. The van der Waals surface area contributed by atoms with Crippen LogP contribution in [0.2, 0.25) is 10.0 Å². The molecule has 0 unspecified atom stereocenters. The van der Waals surface area contributed by atoms with Gasteiger partial charge in [0, 0.05) is 41.9 Å². The Bertz CT molecular complexity index is 771. The van der Waals surface area contributed by atoms with Crippen LogP contribution in [0.5, 0.6) is 0 Å². The summed E-state index contributed by atoms with van der Waals surface area (Å²) in [4.78, 5) is 20.9. The van der Waals surface area contributed by atoms with Crippen LogP contribution < -0.4 is 5.32 Å². The molecule has 8 heteroatoms. The van der Waals surface area contributed by atoms with Crippen LogP contribution >= 0.6 is 23.2 Å². The molecular weight excluding hydrogens is 375 g/mol. The van der Waals surface area contributed by atoms with Crippen molar-refractivity contribution >= 4 is 34.9 Å². The zero-order valence-corrected chi connectivity index (χ0v) is 16.6. The second kappa shape index (κ2) is 7.86. The molecule has 2 amide bonds. The van der Waals surface area contributed by atoms with E-state index >= 15 is 0 Å². The fourth-order valence-corrected chi connectivity index (χ4v) is 3.31. The van der Waals surface area contributed by atoms with Gasteiger partial charge in [-0.3, -0.25) is 4.90 Å². The lowest BCUT2D eigenvalue weighted by atomic mass is 10.2. The number of amides is 2. The molecule has 3 rings (SSSR count). The van der Waals surface area contributed by atoms with Gasteiger partial charge in [0.2, 0.25) is 5.89 Å². The Morgan fingerprint density at radius 1 is 1.15 bits per heavy atom. The number of nitrogens with one attached hydrogen (secondary N) is 1. The van der Waals surface area contributed by atoms with Crippen molar-refractivity contribution in [2.45, 2.75) is 27.3 Å². The van der Waals surface area contributed by atoms with Gasteiger partial charge in [-0.25, -0.2) is 9.78 Å². The summed E-state index contributed by atoms with van der Waals surface area (Å²) < 4.78 is 5.63. The minimum Gasteiger partial charge on any atom is -0.444 e. The largest absolute Gasteiger partial charge is 0.444 e. The van der Waals surface area contributed by atoms with E-state index in [1.54, 1.807) is 17.0 Å². The summed E-state index contributed by atoms with van der Waals surface area (Å²) in [5.74, 6) is 1.58. The molecule has 0 bridgehead atoms. The van der Waals surface area contributed by atoms with Gasteiger partial charge in [0.05, 0.1) is 12.2 Å². The van der Waals surface area contributed by atoms with Crippen LogP contribution in [0.15, 0.2) is 16.5 Å². The number of oxazole rings is 1. The van der Waals surface area contributed by atoms with E-state index < -0.39 is 0 Å². The second-order valence-corrected chi connectivity index (χ2v) is 7.32. The summed E-state index contributed by atoms with van der Waals surface area (Å²) in [5, 5.41) is 3.94. The van der Waals surface area contributed by atoms with Crippen molar-refractivity contribution in [1.82, 2.24) is 14.8 Å². The molecule has 0 spiro atoms. The van der Waals surface area contributed by atoms with Crippen LogP contribution in [0.25, 0.3) is 0 Å². The zero-order chi connectivity index (χ0) is 18.8. The van der Waals surface area contributed by atoms with Crippen molar-refractivity contribution in [1.29, 1.82) is 0 Å². The molecule has 140 valence electrons. The normalized spacial score (nSPS) is 15.3. The van der Waals surface area contributed by atoms with Gasteiger partial charge in [0.1, 0.15) is 5.76 Å². The number of carbonyl (C=O) groups excluding carboxylic acids is 1. The fraction of sp³-hybridized carbons (Fsp3) is 0.444. The first kappa shape index (κ1) is 19.0. The minimum absolute atomic E-state index is 0.150.